The topological polar surface area (TPSA) is 67.4 Å². The molecule has 2 N–H and O–H groups in total. The van der Waals surface area contributed by atoms with Gasteiger partial charge in [0.25, 0.3) is 11.8 Å². The normalized spacial score (nSPS) is 10.4. The van der Waals surface area contributed by atoms with Gasteiger partial charge < -0.3 is 4.74 Å². The molecule has 2 amide bonds. The van der Waals surface area contributed by atoms with Gasteiger partial charge in [-0.3, -0.25) is 20.4 Å². The molecule has 2 aromatic carbocycles. The zero-order valence-electron chi connectivity index (χ0n) is 14.2. The van der Waals surface area contributed by atoms with E-state index < -0.39 is 11.8 Å². The molecule has 5 nitrogen and oxygen atoms in total. The molecule has 0 radical (unpaired) electrons. The van der Waals surface area contributed by atoms with Crippen LogP contribution >= 0.6 is 11.6 Å². The average Bonchev–Trinajstić information content (AvgIpc) is 2.60. The van der Waals surface area contributed by atoms with Gasteiger partial charge in [0.1, 0.15) is 5.75 Å². The number of nitrogens with one attached hydrogen (secondary N) is 2. The number of amides is 2. The Kier molecular flexibility index (Phi) is 6.83. The summed E-state index contributed by atoms with van der Waals surface area (Å²) in [6.07, 6.45) is 0.971. The maximum atomic E-state index is 12.1. The van der Waals surface area contributed by atoms with E-state index in [-0.39, 0.29) is 0 Å². The molecule has 0 aliphatic heterocycles. The zero-order valence-corrected chi connectivity index (χ0v) is 15.0. The van der Waals surface area contributed by atoms with Crippen LogP contribution in [0.15, 0.2) is 48.5 Å². The molecule has 2 rings (SSSR count). The van der Waals surface area contributed by atoms with Crippen molar-refractivity contribution in [1.29, 1.82) is 0 Å². The first kappa shape index (κ1) is 18.8. The van der Waals surface area contributed by atoms with Crippen molar-refractivity contribution >= 4 is 23.4 Å². The first-order valence-corrected chi connectivity index (χ1v) is 8.42. The second kappa shape index (κ2) is 9.08. The third kappa shape index (κ3) is 6.12. The number of hydrogen-bond acceptors (Lipinski definition) is 3. The molecule has 6 heteroatoms. The van der Waals surface area contributed by atoms with Crippen LogP contribution in [0.25, 0.3) is 0 Å². The van der Waals surface area contributed by atoms with Gasteiger partial charge in [0.15, 0.2) is 0 Å². The summed E-state index contributed by atoms with van der Waals surface area (Å²) >= 11 is 5.77. The minimum absolute atomic E-state index is 0.401. The fourth-order valence-electron chi connectivity index (χ4n) is 1.97. The highest BCUT2D eigenvalue weighted by Crippen LogP contribution is 2.13. The van der Waals surface area contributed by atoms with E-state index in [1.165, 1.54) is 0 Å². The number of rotatable bonds is 6. The van der Waals surface area contributed by atoms with Crippen molar-refractivity contribution in [1.82, 2.24) is 10.9 Å². The van der Waals surface area contributed by atoms with E-state index in [4.69, 9.17) is 16.3 Å². The molecular weight excluding hydrogens is 340 g/mol. The Morgan fingerprint density at radius 3 is 1.88 bits per heavy atom. The largest absolute Gasteiger partial charge is 0.494 e. The van der Waals surface area contributed by atoms with E-state index in [0.29, 0.717) is 34.4 Å². The quantitative estimate of drug-likeness (QED) is 0.769. The number of carbonyl (C=O) groups is 2. The van der Waals surface area contributed by atoms with Crippen LogP contribution in [0.4, 0.5) is 0 Å². The molecule has 2 aromatic rings. The molecule has 0 aromatic heterocycles. The van der Waals surface area contributed by atoms with Crippen LogP contribution < -0.4 is 15.6 Å². The summed E-state index contributed by atoms with van der Waals surface area (Å²) in [4.78, 5) is 24.0. The van der Waals surface area contributed by atoms with Crippen molar-refractivity contribution in [3.8, 4) is 5.75 Å². The summed E-state index contributed by atoms with van der Waals surface area (Å²) in [7, 11) is 0. The van der Waals surface area contributed by atoms with Crippen LogP contribution in [0.3, 0.4) is 0 Å². The van der Waals surface area contributed by atoms with Gasteiger partial charge in [-0.1, -0.05) is 25.4 Å². The molecule has 0 heterocycles. The predicted molar refractivity (Wildman–Crippen MR) is 97.8 cm³/mol. The second-order valence-corrected chi connectivity index (χ2v) is 6.41. The van der Waals surface area contributed by atoms with Gasteiger partial charge in [0, 0.05) is 16.1 Å². The molecule has 0 aliphatic rings. The first-order valence-electron chi connectivity index (χ1n) is 8.05. The Morgan fingerprint density at radius 2 is 1.40 bits per heavy atom. The van der Waals surface area contributed by atoms with Gasteiger partial charge in [0.05, 0.1) is 6.61 Å². The molecule has 0 bridgehead atoms. The fourth-order valence-corrected chi connectivity index (χ4v) is 2.10. The van der Waals surface area contributed by atoms with Crippen LogP contribution in [0, 0.1) is 5.92 Å². The lowest BCUT2D eigenvalue weighted by atomic mass is 10.1. The molecule has 0 atom stereocenters. The highest BCUT2D eigenvalue weighted by Gasteiger charge is 2.09. The van der Waals surface area contributed by atoms with Gasteiger partial charge in [0.2, 0.25) is 0 Å². The van der Waals surface area contributed by atoms with E-state index in [2.05, 4.69) is 24.7 Å². The van der Waals surface area contributed by atoms with Gasteiger partial charge in [-0.05, 0) is 60.9 Å². The monoisotopic (exact) mass is 360 g/mol. The summed E-state index contributed by atoms with van der Waals surface area (Å²) < 4.78 is 5.60. The lowest BCUT2D eigenvalue weighted by molar-refractivity contribution is 0.0846. The Labute approximate surface area is 152 Å². The highest BCUT2D eigenvalue weighted by molar-refractivity contribution is 6.30. The van der Waals surface area contributed by atoms with E-state index in [0.717, 1.165) is 6.42 Å². The molecular formula is C19H21ClN2O3. The summed E-state index contributed by atoms with van der Waals surface area (Å²) in [5.74, 6) is 0.464. The van der Waals surface area contributed by atoms with Crippen LogP contribution in [-0.2, 0) is 0 Å². The number of hydrazine groups is 1. The van der Waals surface area contributed by atoms with Crippen molar-refractivity contribution < 1.29 is 14.3 Å². The maximum absolute atomic E-state index is 12.1. The Balaban J connectivity index is 1.84. The number of halogens is 1. The van der Waals surface area contributed by atoms with Crippen molar-refractivity contribution in [2.24, 2.45) is 5.92 Å². The van der Waals surface area contributed by atoms with Gasteiger partial charge in [-0.2, -0.15) is 0 Å². The zero-order chi connectivity index (χ0) is 18.2. The second-order valence-electron chi connectivity index (χ2n) is 5.97. The van der Waals surface area contributed by atoms with E-state index in [9.17, 15) is 9.59 Å². The summed E-state index contributed by atoms with van der Waals surface area (Å²) in [6.45, 7) is 4.91. The summed E-state index contributed by atoms with van der Waals surface area (Å²) in [6, 6.07) is 13.1. The van der Waals surface area contributed by atoms with Crippen molar-refractivity contribution in [2.45, 2.75) is 20.3 Å². The molecule has 0 saturated carbocycles. The smallest absolute Gasteiger partial charge is 0.269 e. The fraction of sp³-hybridized carbons (Fsp3) is 0.263. The van der Waals surface area contributed by atoms with Crippen LogP contribution in [0.1, 0.15) is 41.0 Å². The Bertz CT molecular complexity index is 712. The van der Waals surface area contributed by atoms with Gasteiger partial charge in [-0.25, -0.2) is 0 Å². The van der Waals surface area contributed by atoms with Crippen LogP contribution in [0.5, 0.6) is 5.75 Å². The molecule has 0 fully saturated rings. The third-order valence-electron chi connectivity index (χ3n) is 3.48. The van der Waals surface area contributed by atoms with Gasteiger partial charge >= 0.3 is 0 Å². The molecule has 0 aliphatic carbocycles. The van der Waals surface area contributed by atoms with E-state index in [1.54, 1.807) is 48.5 Å². The lowest BCUT2D eigenvalue weighted by Crippen LogP contribution is -2.41. The first-order chi connectivity index (χ1) is 12.0. The molecule has 25 heavy (non-hydrogen) atoms. The summed E-state index contributed by atoms with van der Waals surface area (Å²) in [5.41, 5.74) is 5.57. The third-order valence-corrected chi connectivity index (χ3v) is 3.73. The molecule has 0 saturated heterocycles. The molecule has 132 valence electrons. The molecule has 0 unspecified atom stereocenters. The van der Waals surface area contributed by atoms with Crippen LogP contribution in [0.2, 0.25) is 5.02 Å². The SMILES string of the molecule is CC(C)CCOc1ccc(C(=O)NNC(=O)c2ccc(Cl)cc2)cc1. The number of carbonyl (C=O) groups excluding carboxylic acids is 2. The number of hydrogen-bond donors (Lipinski definition) is 2. The lowest BCUT2D eigenvalue weighted by Gasteiger charge is -2.10. The Morgan fingerprint density at radius 1 is 0.920 bits per heavy atom. The molecule has 0 spiro atoms. The Hall–Kier alpha value is -2.53. The average molecular weight is 361 g/mol. The number of benzene rings is 2. The van der Waals surface area contributed by atoms with Gasteiger partial charge in [-0.15, -0.1) is 0 Å². The highest BCUT2D eigenvalue weighted by atomic mass is 35.5. The van der Waals surface area contributed by atoms with Crippen molar-refractivity contribution in [2.75, 3.05) is 6.61 Å². The van der Waals surface area contributed by atoms with Crippen molar-refractivity contribution in [3.05, 3.63) is 64.7 Å². The minimum atomic E-state index is -0.418. The summed E-state index contributed by atoms with van der Waals surface area (Å²) in [5, 5.41) is 0.538. The standard InChI is InChI=1S/C19H21ClN2O3/c1-13(2)11-12-25-17-9-5-15(6-10-17)19(24)22-21-18(23)14-3-7-16(20)8-4-14/h3-10,13H,11-12H2,1-2H3,(H,21,23)(H,22,24). The van der Waals surface area contributed by atoms with Crippen LogP contribution in [-0.4, -0.2) is 18.4 Å². The number of ether oxygens (including phenoxy) is 1. The maximum Gasteiger partial charge on any atom is 0.269 e. The van der Waals surface area contributed by atoms with E-state index in [1.807, 2.05) is 0 Å². The predicted octanol–water partition coefficient (Wildman–Crippen LogP) is 3.84. The van der Waals surface area contributed by atoms with Crippen molar-refractivity contribution in [3.63, 3.8) is 0 Å². The minimum Gasteiger partial charge on any atom is -0.494 e. The van der Waals surface area contributed by atoms with E-state index >= 15 is 0 Å².